The van der Waals surface area contributed by atoms with Gasteiger partial charge in [-0.1, -0.05) is 56.3 Å². The summed E-state index contributed by atoms with van der Waals surface area (Å²) in [6, 6.07) is 12.2. The summed E-state index contributed by atoms with van der Waals surface area (Å²) in [5, 5.41) is 26.5. The number of benzene rings is 2. The number of nitrogens with one attached hydrogen (secondary N) is 3. The van der Waals surface area contributed by atoms with Crippen molar-refractivity contribution < 1.29 is 29.4 Å². The zero-order valence-electron chi connectivity index (χ0n) is 20.4. The summed E-state index contributed by atoms with van der Waals surface area (Å²) in [7, 11) is 0. The van der Waals surface area contributed by atoms with E-state index < -0.39 is 41.8 Å². The van der Waals surface area contributed by atoms with Crippen LogP contribution >= 0.6 is 0 Å². The number of amides is 3. The van der Waals surface area contributed by atoms with E-state index in [9.17, 15) is 29.4 Å². The summed E-state index contributed by atoms with van der Waals surface area (Å²) in [5.74, 6) is -2.90. The molecule has 0 radical (unpaired) electrons. The molecule has 2 aromatic carbocycles. The fraction of sp³-hybridized carbons (Fsp3) is 0.385. The molecule has 0 aliphatic heterocycles. The molecule has 0 saturated carbocycles. The number of aromatic hydroxyl groups is 1. The number of carboxylic acid groups (broad SMARTS) is 1. The van der Waals surface area contributed by atoms with Crippen molar-refractivity contribution in [3.05, 3.63) is 65.7 Å². The zero-order chi connectivity index (χ0) is 26.7. The fourth-order valence-corrected chi connectivity index (χ4v) is 3.55. The van der Waals surface area contributed by atoms with Gasteiger partial charge in [-0.3, -0.25) is 14.4 Å². The van der Waals surface area contributed by atoms with E-state index in [2.05, 4.69) is 16.0 Å². The monoisotopic (exact) mass is 498 g/mol. The molecular weight excluding hydrogens is 464 g/mol. The van der Waals surface area contributed by atoms with E-state index in [0.717, 1.165) is 5.56 Å². The van der Waals surface area contributed by atoms with Crippen molar-refractivity contribution in [1.82, 2.24) is 16.0 Å². The summed E-state index contributed by atoms with van der Waals surface area (Å²) in [6.45, 7) is 3.35. The number of carbonyl (C=O) groups is 4. The topological polar surface area (TPSA) is 171 Å². The third-order valence-corrected chi connectivity index (χ3v) is 5.41. The first kappa shape index (κ1) is 28.3. The fourth-order valence-electron chi connectivity index (χ4n) is 3.55. The van der Waals surface area contributed by atoms with Gasteiger partial charge in [0.05, 0.1) is 12.6 Å². The summed E-state index contributed by atoms with van der Waals surface area (Å²) < 4.78 is 0. The molecular formula is C26H34N4O6. The maximum Gasteiger partial charge on any atom is 0.326 e. The molecule has 0 aromatic heterocycles. The van der Waals surface area contributed by atoms with Gasteiger partial charge in [0.2, 0.25) is 17.7 Å². The van der Waals surface area contributed by atoms with Crippen molar-refractivity contribution >= 4 is 23.7 Å². The minimum absolute atomic E-state index is 0.000934. The number of rotatable bonds is 13. The van der Waals surface area contributed by atoms with Crippen LogP contribution in [0.5, 0.6) is 5.75 Å². The smallest absolute Gasteiger partial charge is 0.326 e. The number of carboxylic acids is 1. The predicted molar refractivity (Wildman–Crippen MR) is 134 cm³/mol. The molecule has 2 rings (SSSR count). The largest absolute Gasteiger partial charge is 0.508 e. The molecule has 36 heavy (non-hydrogen) atoms. The van der Waals surface area contributed by atoms with Gasteiger partial charge in [-0.25, -0.2) is 4.79 Å². The lowest BCUT2D eigenvalue weighted by molar-refractivity contribution is -0.142. The lowest BCUT2D eigenvalue weighted by Gasteiger charge is -2.23. The van der Waals surface area contributed by atoms with E-state index in [1.54, 1.807) is 12.1 Å². The zero-order valence-corrected chi connectivity index (χ0v) is 20.4. The van der Waals surface area contributed by atoms with Crippen LogP contribution in [-0.4, -0.2) is 58.6 Å². The van der Waals surface area contributed by atoms with Crippen molar-refractivity contribution in [2.24, 2.45) is 11.7 Å². The lowest BCUT2D eigenvalue weighted by Crippen LogP contribution is -2.54. The van der Waals surface area contributed by atoms with Crippen LogP contribution in [0, 0.1) is 5.92 Å². The molecule has 0 spiro atoms. The molecule has 0 aliphatic carbocycles. The molecule has 10 heteroatoms. The maximum atomic E-state index is 12.9. The Morgan fingerprint density at radius 3 is 2.03 bits per heavy atom. The minimum atomic E-state index is -1.23. The van der Waals surface area contributed by atoms with Crippen molar-refractivity contribution in [3.8, 4) is 5.75 Å². The molecule has 7 N–H and O–H groups in total. The van der Waals surface area contributed by atoms with Crippen molar-refractivity contribution in [3.63, 3.8) is 0 Å². The third kappa shape index (κ3) is 9.75. The Kier molecular flexibility index (Phi) is 10.9. The summed E-state index contributed by atoms with van der Waals surface area (Å²) >= 11 is 0. The average molecular weight is 499 g/mol. The van der Waals surface area contributed by atoms with Gasteiger partial charge < -0.3 is 31.9 Å². The van der Waals surface area contributed by atoms with Crippen LogP contribution in [0.1, 0.15) is 31.4 Å². The highest BCUT2D eigenvalue weighted by Gasteiger charge is 2.27. The number of nitrogens with two attached hydrogens (primary N) is 1. The lowest BCUT2D eigenvalue weighted by atomic mass is 10.0. The van der Waals surface area contributed by atoms with Crippen LogP contribution in [0.15, 0.2) is 54.6 Å². The minimum Gasteiger partial charge on any atom is -0.508 e. The van der Waals surface area contributed by atoms with Crippen LogP contribution in [0.25, 0.3) is 0 Å². The first-order chi connectivity index (χ1) is 17.0. The van der Waals surface area contributed by atoms with Crippen LogP contribution in [0.2, 0.25) is 0 Å². The number of hydrogen-bond acceptors (Lipinski definition) is 6. The molecule has 194 valence electrons. The molecule has 0 heterocycles. The summed E-state index contributed by atoms with van der Waals surface area (Å²) in [6.07, 6.45) is 0.577. The molecule has 0 saturated heterocycles. The Labute approximate surface area is 210 Å². The van der Waals surface area contributed by atoms with Gasteiger partial charge in [0, 0.05) is 6.42 Å². The molecule has 0 aliphatic rings. The Hall–Kier alpha value is -3.92. The van der Waals surface area contributed by atoms with Crippen LogP contribution in [-0.2, 0) is 32.0 Å². The first-order valence-corrected chi connectivity index (χ1v) is 11.7. The van der Waals surface area contributed by atoms with Crippen LogP contribution < -0.4 is 21.7 Å². The predicted octanol–water partition coefficient (Wildman–Crippen LogP) is 0.721. The molecule has 2 aromatic rings. The molecule has 3 amide bonds. The van der Waals surface area contributed by atoms with Gasteiger partial charge in [0.25, 0.3) is 0 Å². The van der Waals surface area contributed by atoms with E-state index in [4.69, 9.17) is 5.73 Å². The second-order valence-corrected chi connectivity index (χ2v) is 9.03. The number of aliphatic carboxylic acids is 1. The molecule has 10 nitrogen and oxygen atoms in total. The second-order valence-electron chi connectivity index (χ2n) is 9.03. The number of hydrogen-bond donors (Lipinski definition) is 6. The Morgan fingerprint density at radius 1 is 0.833 bits per heavy atom. The second kappa shape index (κ2) is 13.8. The standard InChI is InChI=1S/C26H34N4O6/c1-16(2)12-21(25(34)30-22(26(35)36)14-18-8-10-19(31)11-9-18)29-23(32)15-28-24(33)20(27)13-17-6-4-3-5-7-17/h3-11,16,20-22,31H,12-15,27H2,1-2H3,(H,28,33)(H,29,32)(H,30,34)(H,35,36). The van der Waals surface area contributed by atoms with Gasteiger partial charge in [-0.15, -0.1) is 0 Å². The number of phenols is 1. The van der Waals surface area contributed by atoms with Gasteiger partial charge in [0.15, 0.2) is 0 Å². The molecule has 3 atom stereocenters. The van der Waals surface area contributed by atoms with Crippen LogP contribution in [0.4, 0.5) is 0 Å². The van der Waals surface area contributed by atoms with Gasteiger partial charge in [-0.05, 0) is 42.0 Å². The number of carbonyl (C=O) groups excluding carboxylic acids is 3. The Morgan fingerprint density at radius 2 is 1.44 bits per heavy atom. The SMILES string of the molecule is CC(C)CC(NC(=O)CNC(=O)C(N)Cc1ccccc1)C(=O)NC(Cc1ccc(O)cc1)C(=O)O. The van der Waals surface area contributed by atoms with E-state index in [1.165, 1.54) is 12.1 Å². The van der Waals surface area contributed by atoms with Crippen LogP contribution in [0.3, 0.4) is 0 Å². The van der Waals surface area contributed by atoms with Crippen molar-refractivity contribution in [1.29, 1.82) is 0 Å². The Balaban J connectivity index is 1.93. The normalized spacial score (nSPS) is 13.3. The van der Waals surface area contributed by atoms with E-state index in [-0.39, 0.29) is 31.1 Å². The molecule has 3 unspecified atom stereocenters. The summed E-state index contributed by atoms with van der Waals surface area (Å²) in [5.41, 5.74) is 7.43. The number of phenolic OH excluding ortho intramolecular Hbond substituents is 1. The van der Waals surface area contributed by atoms with Gasteiger partial charge in [0.1, 0.15) is 17.8 Å². The quantitative estimate of drug-likeness (QED) is 0.236. The third-order valence-electron chi connectivity index (χ3n) is 5.41. The highest BCUT2D eigenvalue weighted by Crippen LogP contribution is 2.12. The summed E-state index contributed by atoms with van der Waals surface area (Å²) in [4.78, 5) is 49.4. The first-order valence-electron chi connectivity index (χ1n) is 11.7. The average Bonchev–Trinajstić information content (AvgIpc) is 2.83. The van der Waals surface area contributed by atoms with E-state index in [0.29, 0.717) is 12.0 Å². The molecule has 0 bridgehead atoms. The van der Waals surface area contributed by atoms with E-state index >= 15 is 0 Å². The van der Waals surface area contributed by atoms with Crippen molar-refractivity contribution in [2.45, 2.75) is 51.2 Å². The van der Waals surface area contributed by atoms with Gasteiger partial charge in [-0.2, -0.15) is 0 Å². The molecule has 0 fully saturated rings. The Bertz CT molecular complexity index is 1030. The highest BCUT2D eigenvalue weighted by atomic mass is 16.4. The van der Waals surface area contributed by atoms with E-state index in [1.807, 2.05) is 44.2 Å². The van der Waals surface area contributed by atoms with Gasteiger partial charge >= 0.3 is 5.97 Å². The highest BCUT2D eigenvalue weighted by molar-refractivity contribution is 5.92. The van der Waals surface area contributed by atoms with Crippen molar-refractivity contribution in [2.75, 3.05) is 6.54 Å². The maximum absolute atomic E-state index is 12.9.